The van der Waals surface area contributed by atoms with Gasteiger partial charge in [-0.1, -0.05) is 18.2 Å². The Bertz CT molecular complexity index is 963. The molecule has 0 aliphatic heterocycles. The number of aromatic carboxylic acids is 1. The fraction of sp³-hybridized carbons (Fsp3) is 0.100. The third kappa shape index (κ3) is 3.61. The highest BCUT2D eigenvalue weighted by atomic mass is 16.5. The monoisotopic (exact) mass is 335 g/mol. The Morgan fingerprint density at radius 2 is 1.76 bits per heavy atom. The van der Waals surface area contributed by atoms with Crippen LogP contribution in [0.25, 0.3) is 23.1 Å². The Kier molecular flexibility index (Phi) is 4.66. The minimum atomic E-state index is -0.945. The van der Waals surface area contributed by atoms with E-state index in [9.17, 15) is 4.79 Å². The zero-order chi connectivity index (χ0) is 17.8. The minimum absolute atomic E-state index is 0.253. The number of aromatic nitrogens is 1. The molecule has 0 aliphatic rings. The van der Waals surface area contributed by atoms with Crippen molar-refractivity contribution in [3.8, 4) is 11.5 Å². The van der Waals surface area contributed by atoms with Crippen LogP contribution in [0.2, 0.25) is 0 Å². The van der Waals surface area contributed by atoms with Gasteiger partial charge < -0.3 is 14.6 Å². The van der Waals surface area contributed by atoms with Gasteiger partial charge in [-0.05, 0) is 48.0 Å². The third-order valence-electron chi connectivity index (χ3n) is 3.81. The van der Waals surface area contributed by atoms with Gasteiger partial charge >= 0.3 is 5.97 Å². The predicted octanol–water partition coefficient (Wildman–Crippen LogP) is 4.12. The first-order chi connectivity index (χ1) is 12.1. The average Bonchev–Trinajstić information content (AvgIpc) is 2.65. The maximum atomic E-state index is 11.0. The number of fused-ring (bicyclic) bond motifs is 1. The average molecular weight is 335 g/mol. The summed E-state index contributed by atoms with van der Waals surface area (Å²) < 4.78 is 10.5. The van der Waals surface area contributed by atoms with Gasteiger partial charge in [0.1, 0.15) is 0 Å². The maximum absolute atomic E-state index is 11.0. The van der Waals surface area contributed by atoms with Gasteiger partial charge in [-0.25, -0.2) is 9.78 Å². The zero-order valence-corrected chi connectivity index (χ0v) is 13.9. The maximum Gasteiger partial charge on any atom is 0.335 e. The van der Waals surface area contributed by atoms with Crippen LogP contribution in [0.3, 0.4) is 0 Å². The highest BCUT2D eigenvalue weighted by Gasteiger charge is 2.05. The summed E-state index contributed by atoms with van der Waals surface area (Å²) in [5, 5.41) is 9.83. The zero-order valence-electron chi connectivity index (χ0n) is 13.9. The number of hydrogen-bond acceptors (Lipinski definition) is 4. The number of nitrogens with zero attached hydrogens (tertiary/aromatic N) is 1. The molecule has 0 bridgehead atoms. The van der Waals surface area contributed by atoms with Crippen LogP contribution in [-0.2, 0) is 0 Å². The summed E-state index contributed by atoms with van der Waals surface area (Å²) in [4.78, 5) is 15.5. The molecule has 2 aromatic carbocycles. The lowest BCUT2D eigenvalue weighted by Crippen LogP contribution is -1.95. The summed E-state index contributed by atoms with van der Waals surface area (Å²) in [6.45, 7) is 0. The lowest BCUT2D eigenvalue weighted by molar-refractivity contribution is 0.0697. The fourth-order valence-electron chi connectivity index (χ4n) is 2.51. The molecule has 25 heavy (non-hydrogen) atoms. The summed E-state index contributed by atoms with van der Waals surface area (Å²) >= 11 is 0. The van der Waals surface area contributed by atoms with Gasteiger partial charge in [0.25, 0.3) is 0 Å². The molecule has 0 aliphatic carbocycles. The number of carbonyl (C=O) groups is 1. The van der Waals surface area contributed by atoms with Crippen molar-refractivity contribution in [3.63, 3.8) is 0 Å². The smallest absolute Gasteiger partial charge is 0.335 e. The van der Waals surface area contributed by atoms with Gasteiger partial charge in [0.15, 0.2) is 11.5 Å². The van der Waals surface area contributed by atoms with E-state index in [4.69, 9.17) is 14.6 Å². The molecule has 0 saturated carbocycles. The SMILES string of the molecule is COc1ccc(/C=C/c2ccc3cc(C(=O)O)ccc3n2)cc1OC. The Morgan fingerprint density at radius 1 is 0.960 bits per heavy atom. The summed E-state index contributed by atoms with van der Waals surface area (Å²) in [5.74, 6) is 0.398. The lowest BCUT2D eigenvalue weighted by atomic mass is 10.1. The van der Waals surface area contributed by atoms with Crippen LogP contribution in [-0.4, -0.2) is 30.3 Å². The molecule has 0 spiro atoms. The topological polar surface area (TPSA) is 68.7 Å². The van der Waals surface area contributed by atoms with Crippen molar-refractivity contribution in [1.82, 2.24) is 4.98 Å². The Labute approximate surface area is 145 Å². The van der Waals surface area contributed by atoms with E-state index in [1.807, 2.05) is 42.5 Å². The number of carboxylic acids is 1. The standard InChI is InChI=1S/C20H17NO4/c1-24-18-10-4-13(11-19(18)25-2)3-7-16-8-5-14-12-15(20(22)23)6-9-17(14)21-16/h3-12H,1-2H3,(H,22,23)/b7-3+. The number of hydrogen-bond donors (Lipinski definition) is 1. The van der Waals surface area contributed by atoms with E-state index in [1.54, 1.807) is 32.4 Å². The van der Waals surface area contributed by atoms with Crippen molar-refractivity contribution in [3.05, 3.63) is 65.4 Å². The highest BCUT2D eigenvalue weighted by Crippen LogP contribution is 2.28. The van der Waals surface area contributed by atoms with Gasteiger partial charge in [0.2, 0.25) is 0 Å². The van der Waals surface area contributed by atoms with E-state index in [2.05, 4.69) is 4.98 Å². The van der Waals surface area contributed by atoms with Crippen LogP contribution in [0, 0.1) is 0 Å². The van der Waals surface area contributed by atoms with E-state index >= 15 is 0 Å². The largest absolute Gasteiger partial charge is 0.493 e. The molecule has 5 nitrogen and oxygen atoms in total. The molecule has 126 valence electrons. The van der Waals surface area contributed by atoms with E-state index in [0.717, 1.165) is 22.2 Å². The van der Waals surface area contributed by atoms with E-state index in [1.165, 1.54) is 0 Å². The quantitative estimate of drug-likeness (QED) is 0.759. The third-order valence-corrected chi connectivity index (χ3v) is 3.81. The summed E-state index contributed by atoms with van der Waals surface area (Å²) in [6.07, 6.45) is 3.83. The number of methoxy groups -OCH3 is 2. The molecule has 5 heteroatoms. The Balaban J connectivity index is 1.88. The molecule has 1 aromatic heterocycles. The second-order valence-corrected chi connectivity index (χ2v) is 5.40. The number of ether oxygens (including phenoxy) is 2. The first kappa shape index (κ1) is 16.5. The highest BCUT2D eigenvalue weighted by molar-refractivity contribution is 5.93. The fourth-order valence-corrected chi connectivity index (χ4v) is 2.51. The Hall–Kier alpha value is -3.34. The molecule has 0 atom stereocenters. The van der Waals surface area contributed by atoms with Gasteiger partial charge in [0, 0.05) is 5.39 Å². The van der Waals surface area contributed by atoms with Crippen LogP contribution in [0.1, 0.15) is 21.6 Å². The van der Waals surface area contributed by atoms with Crippen LogP contribution < -0.4 is 9.47 Å². The molecule has 1 heterocycles. The molecule has 1 N–H and O–H groups in total. The number of benzene rings is 2. The number of pyridine rings is 1. The molecule has 3 aromatic rings. The molecule has 3 rings (SSSR count). The van der Waals surface area contributed by atoms with Crippen molar-refractivity contribution >= 4 is 29.0 Å². The van der Waals surface area contributed by atoms with Crippen molar-refractivity contribution in [1.29, 1.82) is 0 Å². The predicted molar refractivity (Wildman–Crippen MR) is 97.2 cm³/mol. The minimum Gasteiger partial charge on any atom is -0.493 e. The second-order valence-electron chi connectivity index (χ2n) is 5.40. The van der Waals surface area contributed by atoms with Crippen molar-refractivity contribution in [2.45, 2.75) is 0 Å². The van der Waals surface area contributed by atoms with E-state index in [-0.39, 0.29) is 5.56 Å². The first-order valence-electron chi connectivity index (χ1n) is 7.65. The lowest BCUT2D eigenvalue weighted by Gasteiger charge is -2.07. The summed E-state index contributed by atoms with van der Waals surface area (Å²) in [6, 6.07) is 14.3. The van der Waals surface area contributed by atoms with E-state index < -0.39 is 5.97 Å². The van der Waals surface area contributed by atoms with Crippen molar-refractivity contribution in [2.75, 3.05) is 14.2 Å². The molecule has 0 amide bonds. The molecule has 0 saturated heterocycles. The Morgan fingerprint density at radius 3 is 2.48 bits per heavy atom. The molecule has 0 radical (unpaired) electrons. The molecule has 0 unspecified atom stereocenters. The van der Waals surface area contributed by atoms with Crippen molar-refractivity contribution in [2.24, 2.45) is 0 Å². The van der Waals surface area contributed by atoms with E-state index in [0.29, 0.717) is 11.5 Å². The molecule has 0 fully saturated rings. The van der Waals surface area contributed by atoms with Crippen LogP contribution in [0.15, 0.2) is 48.5 Å². The first-order valence-corrected chi connectivity index (χ1v) is 7.65. The van der Waals surface area contributed by atoms with Gasteiger partial charge in [-0.2, -0.15) is 0 Å². The van der Waals surface area contributed by atoms with Crippen LogP contribution in [0.5, 0.6) is 11.5 Å². The van der Waals surface area contributed by atoms with Gasteiger partial charge in [-0.15, -0.1) is 0 Å². The van der Waals surface area contributed by atoms with Crippen molar-refractivity contribution < 1.29 is 19.4 Å². The molecular formula is C20H17NO4. The molecular weight excluding hydrogens is 318 g/mol. The van der Waals surface area contributed by atoms with Crippen LogP contribution >= 0.6 is 0 Å². The summed E-state index contributed by atoms with van der Waals surface area (Å²) in [7, 11) is 3.20. The van der Waals surface area contributed by atoms with Crippen LogP contribution in [0.4, 0.5) is 0 Å². The summed E-state index contributed by atoms with van der Waals surface area (Å²) in [5.41, 5.74) is 2.74. The van der Waals surface area contributed by atoms with Gasteiger partial charge in [-0.3, -0.25) is 0 Å². The normalized spacial score (nSPS) is 11.0. The number of carboxylic acid groups (broad SMARTS) is 1. The van der Waals surface area contributed by atoms with Gasteiger partial charge in [0.05, 0.1) is 31.0 Å². The number of rotatable bonds is 5. The second kappa shape index (κ2) is 7.05.